The van der Waals surface area contributed by atoms with E-state index in [-0.39, 0.29) is 5.97 Å². The molecule has 0 amide bonds. The third-order valence-corrected chi connectivity index (χ3v) is 5.92. The molecule has 0 saturated heterocycles. The van der Waals surface area contributed by atoms with Crippen LogP contribution in [0.5, 0.6) is 11.5 Å². The van der Waals surface area contributed by atoms with E-state index in [0.717, 1.165) is 21.8 Å². The zero-order valence-corrected chi connectivity index (χ0v) is 20.6. The molecular weight excluding hydrogens is 456 g/mol. The highest BCUT2D eigenvalue weighted by atomic mass is 32.1. The zero-order chi connectivity index (χ0) is 23.6. The summed E-state index contributed by atoms with van der Waals surface area (Å²) in [6, 6.07) is 17.5. The maximum Gasteiger partial charge on any atom is 0.341 e. The molecule has 0 radical (unpaired) electrons. The molecule has 0 aliphatic rings. The lowest BCUT2D eigenvalue weighted by Gasteiger charge is -2.14. The molecule has 0 aliphatic carbocycles. The van der Waals surface area contributed by atoms with Crippen LogP contribution in [0.3, 0.4) is 0 Å². The number of hydrogen-bond donors (Lipinski definition) is 2. The van der Waals surface area contributed by atoms with Gasteiger partial charge in [0.2, 0.25) is 0 Å². The van der Waals surface area contributed by atoms with Crippen molar-refractivity contribution in [1.82, 2.24) is 5.32 Å². The molecule has 0 fully saturated rings. The number of esters is 1. The van der Waals surface area contributed by atoms with Crippen molar-refractivity contribution in [3.05, 3.63) is 65.7 Å². The molecule has 0 atom stereocenters. The molecule has 1 aromatic heterocycles. The first-order valence-electron chi connectivity index (χ1n) is 10.8. The number of nitrogens with one attached hydrogen (secondary N) is 2. The van der Waals surface area contributed by atoms with Gasteiger partial charge in [0.1, 0.15) is 5.00 Å². The van der Waals surface area contributed by atoms with E-state index in [0.29, 0.717) is 47.8 Å². The van der Waals surface area contributed by atoms with Crippen LogP contribution in [0.4, 0.5) is 5.00 Å². The van der Waals surface area contributed by atoms with Gasteiger partial charge in [0.15, 0.2) is 16.6 Å². The van der Waals surface area contributed by atoms with Gasteiger partial charge in [-0.2, -0.15) is 0 Å². The maximum absolute atomic E-state index is 12.5. The van der Waals surface area contributed by atoms with E-state index in [1.807, 2.05) is 68.4 Å². The van der Waals surface area contributed by atoms with Crippen molar-refractivity contribution in [2.24, 2.45) is 0 Å². The third kappa shape index (κ3) is 6.69. The summed E-state index contributed by atoms with van der Waals surface area (Å²) < 4.78 is 16.5. The van der Waals surface area contributed by atoms with Gasteiger partial charge in [0.05, 0.1) is 25.4 Å². The molecule has 0 saturated carbocycles. The Balaban J connectivity index is 1.72. The van der Waals surface area contributed by atoms with Crippen LogP contribution in [0.15, 0.2) is 54.6 Å². The van der Waals surface area contributed by atoms with Crippen LogP contribution >= 0.6 is 23.6 Å². The van der Waals surface area contributed by atoms with Crippen LogP contribution in [0.1, 0.15) is 36.7 Å². The monoisotopic (exact) mass is 484 g/mol. The first-order valence-corrected chi connectivity index (χ1v) is 12.1. The highest BCUT2D eigenvalue weighted by molar-refractivity contribution is 7.80. The highest BCUT2D eigenvalue weighted by Crippen LogP contribution is 2.36. The number of thiophene rings is 1. The van der Waals surface area contributed by atoms with Gasteiger partial charge in [0, 0.05) is 11.4 Å². The van der Waals surface area contributed by atoms with Gasteiger partial charge in [-0.25, -0.2) is 4.79 Å². The molecule has 0 unspecified atom stereocenters. The summed E-state index contributed by atoms with van der Waals surface area (Å²) >= 11 is 6.96. The highest BCUT2D eigenvalue weighted by Gasteiger charge is 2.19. The van der Waals surface area contributed by atoms with Gasteiger partial charge in [0.25, 0.3) is 0 Å². The molecule has 1 heterocycles. The molecule has 8 heteroatoms. The predicted octanol–water partition coefficient (Wildman–Crippen LogP) is 5.88. The molecule has 3 rings (SSSR count). The Morgan fingerprint density at radius 3 is 2.36 bits per heavy atom. The van der Waals surface area contributed by atoms with Crippen molar-refractivity contribution < 1.29 is 19.0 Å². The summed E-state index contributed by atoms with van der Waals surface area (Å²) in [6.45, 7) is 7.57. The van der Waals surface area contributed by atoms with Crippen LogP contribution in [0.25, 0.3) is 10.4 Å². The van der Waals surface area contributed by atoms with Crippen molar-refractivity contribution in [3.63, 3.8) is 0 Å². The Kier molecular flexibility index (Phi) is 9.09. The Morgan fingerprint density at radius 2 is 1.67 bits per heavy atom. The van der Waals surface area contributed by atoms with Crippen LogP contribution in [0.2, 0.25) is 0 Å². The van der Waals surface area contributed by atoms with E-state index in [1.165, 1.54) is 11.3 Å². The van der Waals surface area contributed by atoms with Gasteiger partial charge >= 0.3 is 5.97 Å². The maximum atomic E-state index is 12.5. The van der Waals surface area contributed by atoms with E-state index in [4.69, 9.17) is 26.4 Å². The normalized spacial score (nSPS) is 10.4. The second kappa shape index (κ2) is 12.2. The molecule has 0 bridgehead atoms. The minimum absolute atomic E-state index is 0.303. The second-order valence-electron chi connectivity index (χ2n) is 6.89. The lowest BCUT2D eigenvalue weighted by Crippen LogP contribution is -2.28. The first kappa shape index (κ1) is 24.5. The van der Waals surface area contributed by atoms with Gasteiger partial charge in [-0.15, -0.1) is 11.3 Å². The number of carbonyl (C=O) groups excluding carboxylic acids is 1. The lowest BCUT2D eigenvalue weighted by atomic mass is 10.1. The first-order chi connectivity index (χ1) is 16.0. The second-order valence-corrected chi connectivity index (χ2v) is 8.36. The fourth-order valence-electron chi connectivity index (χ4n) is 3.12. The Morgan fingerprint density at radius 1 is 0.939 bits per heavy atom. The topological polar surface area (TPSA) is 68.8 Å². The summed E-state index contributed by atoms with van der Waals surface area (Å²) in [6.07, 6.45) is 0. The Bertz CT molecular complexity index is 1080. The quantitative estimate of drug-likeness (QED) is 0.275. The van der Waals surface area contributed by atoms with Crippen LogP contribution in [-0.4, -0.2) is 30.9 Å². The zero-order valence-electron chi connectivity index (χ0n) is 19.0. The van der Waals surface area contributed by atoms with E-state index < -0.39 is 0 Å². The Labute approximate surface area is 203 Å². The van der Waals surface area contributed by atoms with Crippen LogP contribution in [-0.2, 0) is 11.3 Å². The van der Waals surface area contributed by atoms with E-state index in [2.05, 4.69) is 10.6 Å². The van der Waals surface area contributed by atoms with Gasteiger partial charge in [-0.1, -0.05) is 36.4 Å². The fraction of sp³-hybridized carbons (Fsp3) is 0.280. The molecule has 2 aromatic carbocycles. The summed E-state index contributed by atoms with van der Waals surface area (Å²) in [4.78, 5) is 13.5. The number of hydrogen-bond acceptors (Lipinski definition) is 6. The molecule has 2 N–H and O–H groups in total. The summed E-state index contributed by atoms with van der Waals surface area (Å²) in [5.74, 6) is 1.04. The minimum Gasteiger partial charge on any atom is -0.490 e. The largest absolute Gasteiger partial charge is 0.490 e. The van der Waals surface area contributed by atoms with Crippen molar-refractivity contribution in [2.45, 2.75) is 27.3 Å². The average Bonchev–Trinajstić information content (AvgIpc) is 3.24. The fourth-order valence-corrected chi connectivity index (χ4v) is 4.42. The molecule has 6 nitrogen and oxygen atoms in total. The van der Waals surface area contributed by atoms with Gasteiger partial charge in [-0.3, -0.25) is 0 Å². The molecule has 3 aromatic rings. The SMILES string of the molecule is CCOC(=O)c1cc(-c2ccccc2)sc1NC(=S)NCc1ccc(OCC)c(OCC)c1. The van der Waals surface area contributed by atoms with E-state index >= 15 is 0 Å². The summed E-state index contributed by atoms with van der Waals surface area (Å²) in [5, 5.41) is 7.41. The number of benzene rings is 2. The van der Waals surface area contributed by atoms with Gasteiger partial charge in [-0.05, 0) is 62.3 Å². The molecule has 174 valence electrons. The molecular formula is C25H28N2O4S2. The van der Waals surface area contributed by atoms with Crippen LogP contribution in [0, 0.1) is 0 Å². The number of ether oxygens (including phenoxy) is 3. The minimum atomic E-state index is -0.380. The number of rotatable bonds is 10. The van der Waals surface area contributed by atoms with Crippen molar-refractivity contribution in [1.29, 1.82) is 0 Å². The lowest BCUT2D eigenvalue weighted by molar-refractivity contribution is 0.0528. The molecule has 33 heavy (non-hydrogen) atoms. The van der Waals surface area contributed by atoms with Crippen molar-refractivity contribution in [3.8, 4) is 21.9 Å². The number of thiocarbonyl (C=S) groups is 1. The van der Waals surface area contributed by atoms with Gasteiger partial charge < -0.3 is 24.8 Å². The molecule has 0 spiro atoms. The number of anilines is 1. The average molecular weight is 485 g/mol. The predicted molar refractivity (Wildman–Crippen MR) is 138 cm³/mol. The summed E-state index contributed by atoms with van der Waals surface area (Å²) in [5.41, 5.74) is 2.48. The van der Waals surface area contributed by atoms with Crippen LogP contribution < -0.4 is 20.1 Å². The molecule has 0 aliphatic heterocycles. The summed E-state index contributed by atoms with van der Waals surface area (Å²) in [7, 11) is 0. The van der Waals surface area contributed by atoms with E-state index in [1.54, 1.807) is 6.92 Å². The standard InChI is InChI=1S/C25H28N2O4S2/c1-4-29-20-13-12-17(14-21(20)30-5-2)16-26-25(32)27-23-19(24(28)31-6-3)15-22(33-23)18-10-8-7-9-11-18/h7-15H,4-6,16H2,1-3H3,(H2,26,27,32). The number of carbonyl (C=O) groups is 1. The van der Waals surface area contributed by atoms with Crippen molar-refractivity contribution >= 4 is 39.6 Å². The van der Waals surface area contributed by atoms with E-state index in [9.17, 15) is 4.79 Å². The third-order valence-electron chi connectivity index (χ3n) is 4.57. The smallest absolute Gasteiger partial charge is 0.341 e. The van der Waals surface area contributed by atoms with Crippen molar-refractivity contribution in [2.75, 3.05) is 25.1 Å². The Hall–Kier alpha value is -3.10.